The fourth-order valence-electron chi connectivity index (χ4n) is 0.146. The maximum Gasteiger partial charge on any atom is 0.411 e. The van der Waals surface area contributed by atoms with Crippen molar-refractivity contribution in [3.63, 3.8) is 0 Å². The van der Waals surface area contributed by atoms with Gasteiger partial charge in [-0.05, 0) is 0 Å². The highest BCUT2D eigenvalue weighted by Crippen LogP contribution is 1.51. The molecule has 0 saturated carbocycles. The van der Waals surface area contributed by atoms with Gasteiger partial charge in [0.25, 0.3) is 0 Å². The van der Waals surface area contributed by atoms with Crippen molar-refractivity contribution in [2.45, 2.75) is 0 Å². The van der Waals surface area contributed by atoms with E-state index in [2.05, 4.69) is 5.23 Å². The van der Waals surface area contributed by atoms with Crippen LogP contribution in [0.15, 0.2) is 0 Å². The zero-order chi connectivity index (χ0) is 4.83. The Kier molecular flexibility index (Phi) is 4.85. The molecule has 0 unspecified atom stereocenters. The highest BCUT2D eigenvalue weighted by Gasteiger charge is 1.79. The van der Waals surface area contributed by atoms with Crippen LogP contribution in [0.2, 0.25) is 0 Å². The Morgan fingerprint density at radius 1 is 1.83 bits per heavy atom. The van der Waals surface area contributed by atoms with Crippen LogP contribution in [0.3, 0.4) is 0 Å². The van der Waals surface area contributed by atoms with E-state index in [1.807, 2.05) is 0 Å². The molecule has 6 heavy (non-hydrogen) atoms. The summed E-state index contributed by atoms with van der Waals surface area (Å²) in [4.78, 5) is 0. The lowest BCUT2D eigenvalue weighted by Gasteiger charge is -1.87. The van der Waals surface area contributed by atoms with Gasteiger partial charge in [0.05, 0.1) is 6.61 Å². The second kappa shape index (κ2) is 4.91. The molecule has 0 radical (unpaired) electrons. The highest BCUT2D eigenvalue weighted by atomic mass is 19.1. The van der Waals surface area contributed by atoms with Crippen molar-refractivity contribution in [2.24, 2.45) is 0 Å². The minimum atomic E-state index is -0.555. The van der Waals surface area contributed by atoms with E-state index in [9.17, 15) is 4.32 Å². The molecule has 0 spiro atoms. The van der Waals surface area contributed by atoms with Gasteiger partial charge in [0, 0.05) is 6.54 Å². The highest BCUT2D eigenvalue weighted by molar-refractivity contribution is 6.22. The smallest absolute Gasteiger partial charge is 0.395 e. The van der Waals surface area contributed by atoms with Crippen LogP contribution in [-0.4, -0.2) is 25.9 Å². The Bertz CT molecular complexity index is 25.5. The van der Waals surface area contributed by atoms with Gasteiger partial charge >= 0.3 is 7.69 Å². The average molecular weight is 90.9 g/mol. The lowest BCUT2D eigenvalue weighted by molar-refractivity contribution is 0.300. The Morgan fingerprint density at radius 3 is 2.67 bits per heavy atom. The van der Waals surface area contributed by atoms with Crippen molar-refractivity contribution < 1.29 is 9.42 Å². The third kappa shape index (κ3) is 3.91. The normalized spacial score (nSPS) is 8.33. The van der Waals surface area contributed by atoms with Crippen LogP contribution in [0.5, 0.6) is 0 Å². The molecule has 0 atom stereocenters. The first-order valence-electron chi connectivity index (χ1n) is 1.79. The molecule has 4 heteroatoms. The van der Waals surface area contributed by atoms with Crippen LogP contribution in [0.1, 0.15) is 0 Å². The largest absolute Gasteiger partial charge is 0.411 e. The van der Waals surface area contributed by atoms with E-state index in [4.69, 9.17) is 5.11 Å². The summed E-state index contributed by atoms with van der Waals surface area (Å²) >= 11 is 0. The van der Waals surface area contributed by atoms with Crippen molar-refractivity contribution in [1.82, 2.24) is 5.23 Å². The van der Waals surface area contributed by atoms with Crippen LogP contribution in [0.4, 0.5) is 4.32 Å². The first-order chi connectivity index (χ1) is 2.91. The number of aliphatic hydroxyl groups is 1. The molecule has 2 N–H and O–H groups in total. The molecule has 0 aliphatic rings. The molecular weight excluding hydrogens is 83.8 g/mol. The number of halogens is 1. The monoisotopic (exact) mass is 91.1 g/mol. The molecule has 0 saturated heterocycles. The van der Waals surface area contributed by atoms with E-state index < -0.39 is 7.69 Å². The minimum Gasteiger partial charge on any atom is -0.395 e. The summed E-state index contributed by atoms with van der Waals surface area (Å²) in [6.45, 7) is 0.348. The van der Waals surface area contributed by atoms with E-state index >= 15 is 0 Å². The molecule has 0 rings (SSSR count). The maximum absolute atomic E-state index is 11.0. The lowest BCUT2D eigenvalue weighted by Crippen LogP contribution is -2.18. The zero-order valence-corrected chi connectivity index (χ0v) is 3.45. The van der Waals surface area contributed by atoms with Crippen LogP contribution in [0.25, 0.3) is 0 Å². The Hall–Kier alpha value is -0.0851. The summed E-state index contributed by atoms with van der Waals surface area (Å²) in [6, 6.07) is 0. The summed E-state index contributed by atoms with van der Waals surface area (Å²) in [5.74, 6) is 0. The second-order valence-corrected chi connectivity index (χ2v) is 0.857. The summed E-state index contributed by atoms with van der Waals surface area (Å²) in [5.41, 5.74) is 0. The first-order valence-corrected chi connectivity index (χ1v) is 1.79. The topological polar surface area (TPSA) is 32.3 Å². The Morgan fingerprint density at radius 2 is 2.50 bits per heavy atom. The SMILES string of the molecule is OCCNBF. The number of nitrogens with one attached hydrogen (secondary N) is 1. The molecule has 0 heterocycles. The Labute approximate surface area is 36.7 Å². The van der Waals surface area contributed by atoms with Gasteiger partial charge in [0.1, 0.15) is 0 Å². The minimum absolute atomic E-state index is 0.00389. The van der Waals surface area contributed by atoms with E-state index in [1.165, 1.54) is 0 Å². The van der Waals surface area contributed by atoms with Crippen molar-refractivity contribution in [2.75, 3.05) is 13.2 Å². The molecule has 0 aromatic carbocycles. The number of hydrogen-bond donors (Lipinski definition) is 2. The summed E-state index contributed by atoms with van der Waals surface area (Å²) < 4.78 is 11.0. The summed E-state index contributed by atoms with van der Waals surface area (Å²) in [5, 5.41) is 10.2. The van der Waals surface area contributed by atoms with E-state index in [-0.39, 0.29) is 6.61 Å². The molecule has 2 nitrogen and oxygen atoms in total. The van der Waals surface area contributed by atoms with Crippen molar-refractivity contribution in [1.29, 1.82) is 0 Å². The molecule has 0 aliphatic carbocycles. The van der Waals surface area contributed by atoms with Gasteiger partial charge < -0.3 is 14.6 Å². The van der Waals surface area contributed by atoms with Crippen molar-refractivity contribution in [3.05, 3.63) is 0 Å². The zero-order valence-electron chi connectivity index (χ0n) is 3.45. The second-order valence-electron chi connectivity index (χ2n) is 0.857. The average Bonchev–Trinajstić information content (AvgIpc) is 1.61. The van der Waals surface area contributed by atoms with E-state index in [0.717, 1.165) is 0 Å². The molecule has 0 aromatic rings. The van der Waals surface area contributed by atoms with Crippen LogP contribution in [0, 0.1) is 0 Å². The summed E-state index contributed by atoms with van der Waals surface area (Å²) in [7, 11) is -0.555. The van der Waals surface area contributed by atoms with Crippen molar-refractivity contribution in [3.8, 4) is 0 Å². The molecule has 36 valence electrons. The van der Waals surface area contributed by atoms with Gasteiger partial charge in [-0.25, -0.2) is 0 Å². The molecule has 0 amide bonds. The fraction of sp³-hybridized carbons (Fsp3) is 1.00. The van der Waals surface area contributed by atoms with Gasteiger partial charge in [0.15, 0.2) is 0 Å². The molecule has 0 aliphatic heterocycles. The first kappa shape index (κ1) is 5.91. The third-order valence-corrected chi connectivity index (χ3v) is 0.383. The predicted molar refractivity (Wildman–Crippen MR) is 23.3 cm³/mol. The maximum atomic E-state index is 11.0. The lowest BCUT2D eigenvalue weighted by atomic mass is 10.3. The fourth-order valence-corrected chi connectivity index (χ4v) is 0.146. The molecule has 0 bridgehead atoms. The van der Waals surface area contributed by atoms with Gasteiger partial charge in [-0.1, -0.05) is 0 Å². The van der Waals surface area contributed by atoms with Crippen LogP contribution < -0.4 is 5.23 Å². The predicted octanol–water partition coefficient (Wildman–Crippen LogP) is -1.20. The third-order valence-electron chi connectivity index (χ3n) is 0.383. The molecule has 0 fully saturated rings. The molecular formula is C2H7BFNO. The van der Waals surface area contributed by atoms with Gasteiger partial charge in [-0.3, -0.25) is 0 Å². The Balaban J connectivity index is 2.34. The van der Waals surface area contributed by atoms with Gasteiger partial charge in [-0.15, -0.1) is 0 Å². The van der Waals surface area contributed by atoms with Gasteiger partial charge in [0.2, 0.25) is 0 Å². The van der Waals surface area contributed by atoms with E-state index in [0.29, 0.717) is 6.54 Å². The van der Waals surface area contributed by atoms with Gasteiger partial charge in [-0.2, -0.15) is 0 Å². The number of aliphatic hydroxyl groups excluding tert-OH is 1. The molecule has 0 aromatic heterocycles. The number of hydrogen-bond acceptors (Lipinski definition) is 2. The number of rotatable bonds is 3. The quantitative estimate of drug-likeness (QED) is 0.338. The van der Waals surface area contributed by atoms with Crippen LogP contribution >= 0.6 is 0 Å². The van der Waals surface area contributed by atoms with Crippen LogP contribution in [-0.2, 0) is 0 Å². The summed E-state index contributed by atoms with van der Waals surface area (Å²) in [6.07, 6.45) is 0. The standard InChI is InChI=1S/C2H7BFNO/c4-3-5-1-2-6/h3,5-6H,1-2H2. The van der Waals surface area contributed by atoms with E-state index in [1.54, 1.807) is 0 Å². The van der Waals surface area contributed by atoms with Crippen molar-refractivity contribution >= 4 is 7.69 Å².